The van der Waals surface area contributed by atoms with Crippen molar-refractivity contribution >= 4 is 52.0 Å². The van der Waals surface area contributed by atoms with Crippen molar-refractivity contribution in [1.29, 1.82) is 0 Å². The number of benzene rings is 2. The molecule has 2 aromatic carbocycles. The Hall–Kier alpha value is -4.36. The van der Waals surface area contributed by atoms with Gasteiger partial charge in [0, 0.05) is 17.1 Å². The Morgan fingerprint density at radius 2 is 1.73 bits per heavy atom. The van der Waals surface area contributed by atoms with E-state index in [1.807, 2.05) is 4.98 Å². The predicted molar refractivity (Wildman–Crippen MR) is 136 cm³/mol. The highest BCUT2D eigenvalue weighted by Crippen LogP contribution is 2.32. The number of H-pyrrole nitrogens is 2. The number of amides is 2. The van der Waals surface area contributed by atoms with Crippen molar-refractivity contribution in [1.82, 2.24) is 15.3 Å². The lowest BCUT2D eigenvalue weighted by atomic mass is 10.0. The first kappa shape index (κ1) is 25.7. The zero-order chi connectivity index (χ0) is 26.7. The van der Waals surface area contributed by atoms with E-state index in [-0.39, 0.29) is 22.7 Å². The first-order valence-corrected chi connectivity index (χ1v) is 11.9. The minimum Gasteiger partial charge on any atom is -0.494 e. The van der Waals surface area contributed by atoms with Crippen molar-refractivity contribution in [2.24, 2.45) is 4.99 Å². The lowest BCUT2D eigenvalue weighted by molar-refractivity contribution is -0.122. The molecule has 37 heavy (non-hydrogen) atoms. The molecule has 1 fully saturated rings. The van der Waals surface area contributed by atoms with E-state index in [1.165, 1.54) is 24.3 Å². The molecule has 1 aliphatic rings. The summed E-state index contributed by atoms with van der Waals surface area (Å²) in [5, 5.41) is 24.1. The monoisotopic (exact) mass is 543 g/mol. The molecule has 1 saturated heterocycles. The number of rotatable bonds is 7. The molecule has 12 nitrogen and oxygen atoms in total. The maximum Gasteiger partial charge on any atom is 0.335 e. The van der Waals surface area contributed by atoms with Crippen LogP contribution in [0.2, 0.25) is 5.02 Å². The molecule has 6 N–H and O–H groups in total. The summed E-state index contributed by atoms with van der Waals surface area (Å²) in [7, 11) is 0. The van der Waals surface area contributed by atoms with Crippen molar-refractivity contribution in [2.45, 2.75) is 17.7 Å². The van der Waals surface area contributed by atoms with Crippen molar-refractivity contribution in [3.63, 3.8) is 0 Å². The van der Waals surface area contributed by atoms with Gasteiger partial charge in [-0.3, -0.25) is 24.4 Å². The summed E-state index contributed by atoms with van der Waals surface area (Å²) < 4.78 is 0. The van der Waals surface area contributed by atoms with Gasteiger partial charge in [0.15, 0.2) is 5.17 Å². The third kappa shape index (κ3) is 6.08. The average Bonchev–Trinajstić information content (AvgIpc) is 3.17. The molecule has 14 heteroatoms. The number of carboxylic acid groups (broad SMARTS) is 1. The van der Waals surface area contributed by atoms with Gasteiger partial charge in [0.2, 0.25) is 17.7 Å². The Balaban J connectivity index is 1.55. The van der Waals surface area contributed by atoms with Gasteiger partial charge in [0.1, 0.15) is 16.9 Å². The summed E-state index contributed by atoms with van der Waals surface area (Å²) in [5.41, 5.74) is -1.17. The van der Waals surface area contributed by atoms with Gasteiger partial charge >= 0.3 is 11.7 Å². The Morgan fingerprint density at radius 1 is 1.05 bits per heavy atom. The third-order valence-electron chi connectivity index (χ3n) is 5.23. The minimum atomic E-state index is -1.12. The molecular formula is C23H18ClN5O7S. The Bertz CT molecular complexity index is 1520. The summed E-state index contributed by atoms with van der Waals surface area (Å²) in [5.74, 6) is -2.76. The number of halogens is 1. The number of thioether (sulfide) groups is 1. The fourth-order valence-electron chi connectivity index (χ4n) is 3.48. The average molecular weight is 544 g/mol. The summed E-state index contributed by atoms with van der Waals surface area (Å²) >= 11 is 6.92. The molecule has 2 amide bonds. The lowest BCUT2D eigenvalue weighted by Crippen LogP contribution is -2.29. The number of carbonyl (C=O) groups excluding carboxylic acids is 2. The van der Waals surface area contributed by atoms with Gasteiger partial charge in [-0.05, 0) is 42.0 Å². The zero-order valence-electron chi connectivity index (χ0n) is 18.6. The molecule has 1 aliphatic heterocycles. The minimum absolute atomic E-state index is 0.0622. The molecule has 190 valence electrons. The predicted octanol–water partition coefficient (Wildman–Crippen LogP) is 1.83. The molecule has 4 rings (SSSR count). The van der Waals surface area contributed by atoms with Gasteiger partial charge in [0.05, 0.1) is 5.56 Å². The number of amidine groups is 1. The van der Waals surface area contributed by atoms with Crippen LogP contribution in [0.5, 0.6) is 5.88 Å². The summed E-state index contributed by atoms with van der Waals surface area (Å²) in [6.07, 6.45) is -0.216. The van der Waals surface area contributed by atoms with Crippen LogP contribution >= 0.6 is 23.4 Å². The molecule has 2 unspecified atom stereocenters. The quantitative estimate of drug-likeness (QED) is 0.259. The van der Waals surface area contributed by atoms with Gasteiger partial charge in [0.25, 0.3) is 5.56 Å². The molecule has 0 spiro atoms. The fraction of sp³-hybridized carbons (Fsp3) is 0.130. The van der Waals surface area contributed by atoms with E-state index in [0.29, 0.717) is 16.3 Å². The molecule has 0 saturated carbocycles. The highest BCUT2D eigenvalue weighted by Gasteiger charge is 2.33. The van der Waals surface area contributed by atoms with E-state index in [4.69, 9.17) is 16.7 Å². The normalized spacial score (nSPS) is 16.8. The maximum atomic E-state index is 12.5. The molecular weight excluding hydrogens is 526 g/mol. The highest BCUT2D eigenvalue weighted by molar-refractivity contribution is 8.15. The topological polar surface area (TPSA) is 194 Å². The zero-order valence-corrected chi connectivity index (χ0v) is 20.2. The number of aromatic amines is 2. The van der Waals surface area contributed by atoms with Crippen molar-refractivity contribution in [3.8, 4) is 5.88 Å². The van der Waals surface area contributed by atoms with E-state index >= 15 is 0 Å². The largest absolute Gasteiger partial charge is 0.494 e. The van der Waals surface area contributed by atoms with Crippen LogP contribution in [-0.2, 0) is 9.59 Å². The number of aromatic hydroxyl groups is 1. The number of aliphatic imine (C=N–C) groups is 1. The van der Waals surface area contributed by atoms with Crippen molar-refractivity contribution in [2.75, 3.05) is 5.32 Å². The van der Waals surface area contributed by atoms with E-state index in [1.54, 1.807) is 24.3 Å². The second kappa shape index (κ2) is 10.7. The second-order valence-corrected chi connectivity index (χ2v) is 9.42. The van der Waals surface area contributed by atoms with E-state index in [2.05, 4.69) is 20.6 Å². The van der Waals surface area contributed by atoms with Gasteiger partial charge in [-0.15, -0.1) is 0 Å². The van der Waals surface area contributed by atoms with Gasteiger partial charge in [-0.25, -0.2) is 14.6 Å². The first-order chi connectivity index (χ1) is 17.6. The van der Waals surface area contributed by atoms with Crippen molar-refractivity contribution in [3.05, 3.63) is 91.1 Å². The number of anilines is 1. The van der Waals surface area contributed by atoms with Crippen molar-refractivity contribution < 1.29 is 24.6 Å². The molecule has 0 radical (unpaired) electrons. The van der Waals surface area contributed by atoms with Crippen LogP contribution in [0, 0.1) is 0 Å². The lowest BCUT2D eigenvalue weighted by Gasteiger charge is -2.14. The summed E-state index contributed by atoms with van der Waals surface area (Å²) in [6, 6.07) is 10.7. The third-order valence-corrected chi connectivity index (χ3v) is 6.58. The Morgan fingerprint density at radius 3 is 2.35 bits per heavy atom. The number of aromatic nitrogens is 2. The number of aromatic carboxylic acids is 1. The maximum absolute atomic E-state index is 12.5. The molecule has 2 heterocycles. The number of carboxylic acids is 1. The number of hydrogen-bond acceptors (Lipinski definition) is 8. The SMILES string of the molecule is O=C(CC1SC(=NC(c2ccc(Cl)cc2)c2c(O)[nH]c(=O)[nH]c2=O)NC1=O)Nc1ccc(C(=O)O)cc1. The standard InChI is InChI=1S/C23H18ClN5O7S/c24-12-5-1-10(2-6-12)17(16-19(32)27-22(36)28-20(16)33)26-23-29-18(31)14(37-23)9-15(30)25-13-7-3-11(4-8-13)21(34)35/h1-8,14,17H,9H2,(H,25,30)(H,34,35)(H,26,29,31)(H3,27,28,32,33,36). The van der Waals surface area contributed by atoms with E-state index in [9.17, 15) is 29.1 Å². The Labute approximate surface area is 216 Å². The summed E-state index contributed by atoms with van der Waals surface area (Å²) in [4.78, 5) is 68.6. The van der Waals surface area contributed by atoms with Gasteiger partial charge in [-0.2, -0.15) is 0 Å². The highest BCUT2D eigenvalue weighted by atomic mass is 35.5. The molecule has 1 aromatic heterocycles. The van der Waals surface area contributed by atoms with Crippen LogP contribution in [0.15, 0.2) is 63.1 Å². The van der Waals surface area contributed by atoms with Gasteiger partial charge < -0.3 is 20.8 Å². The number of nitrogens with zero attached hydrogens (tertiary/aromatic N) is 1. The van der Waals surface area contributed by atoms with Crippen LogP contribution < -0.4 is 21.9 Å². The Kier molecular flexibility index (Phi) is 7.45. The fourth-order valence-corrected chi connectivity index (χ4v) is 4.61. The van der Waals surface area contributed by atoms with Crippen LogP contribution in [0.4, 0.5) is 5.69 Å². The van der Waals surface area contributed by atoms with E-state index < -0.39 is 46.2 Å². The molecule has 2 atom stereocenters. The second-order valence-electron chi connectivity index (χ2n) is 7.79. The summed E-state index contributed by atoms with van der Waals surface area (Å²) in [6.45, 7) is 0. The van der Waals surface area contributed by atoms with Crippen LogP contribution in [0.25, 0.3) is 0 Å². The number of carbonyl (C=O) groups is 3. The number of nitrogens with one attached hydrogen (secondary N) is 4. The smallest absolute Gasteiger partial charge is 0.335 e. The van der Waals surface area contributed by atoms with Crippen LogP contribution in [0.1, 0.15) is 33.9 Å². The van der Waals surface area contributed by atoms with Crippen LogP contribution in [-0.4, -0.2) is 48.4 Å². The molecule has 3 aromatic rings. The van der Waals surface area contributed by atoms with E-state index in [0.717, 1.165) is 11.8 Å². The van der Waals surface area contributed by atoms with Crippen LogP contribution in [0.3, 0.4) is 0 Å². The first-order valence-electron chi connectivity index (χ1n) is 10.6. The number of hydrogen-bond donors (Lipinski definition) is 6. The molecule has 0 bridgehead atoms. The molecule has 0 aliphatic carbocycles. The van der Waals surface area contributed by atoms with Gasteiger partial charge in [-0.1, -0.05) is 35.5 Å².